The van der Waals surface area contributed by atoms with Crippen LogP contribution in [0.3, 0.4) is 0 Å². The quantitative estimate of drug-likeness (QED) is 0.530. The number of thiazole rings is 1. The van der Waals surface area contributed by atoms with E-state index in [-0.39, 0.29) is 23.6 Å². The minimum atomic E-state index is 0. The van der Waals surface area contributed by atoms with Crippen molar-refractivity contribution in [1.29, 1.82) is 0 Å². The molecule has 6 heteroatoms. The first-order chi connectivity index (χ1) is 11.6. The minimum Gasteiger partial charge on any atom is -0.395 e. The number of aliphatic hydroxyl groups is 1. The van der Waals surface area contributed by atoms with Crippen LogP contribution in [0.25, 0.3) is 11.3 Å². The van der Waals surface area contributed by atoms with Crippen LogP contribution in [0, 0.1) is 13.8 Å². The molecule has 2 aromatic carbocycles. The third-order valence-electron chi connectivity index (χ3n) is 4.05. The van der Waals surface area contributed by atoms with Gasteiger partial charge in [-0.25, -0.2) is 4.99 Å². The topological polar surface area (TPSA) is 37.5 Å². The lowest BCUT2D eigenvalue weighted by molar-refractivity contribution is 0.275. The summed E-state index contributed by atoms with van der Waals surface area (Å²) in [5.41, 5.74) is 5.59. The van der Waals surface area contributed by atoms with Crippen LogP contribution in [-0.2, 0) is 6.54 Å². The van der Waals surface area contributed by atoms with Gasteiger partial charge in [0.1, 0.15) is 0 Å². The number of nitrogens with zero attached hydrogens (tertiary/aromatic N) is 2. The Morgan fingerprint density at radius 1 is 1.12 bits per heavy atom. The molecule has 25 heavy (non-hydrogen) atoms. The summed E-state index contributed by atoms with van der Waals surface area (Å²) >= 11 is 5.07. The molecule has 3 rings (SSSR count). The van der Waals surface area contributed by atoms with Gasteiger partial charge < -0.3 is 9.67 Å². The third kappa shape index (κ3) is 4.50. The van der Waals surface area contributed by atoms with Crippen molar-refractivity contribution in [2.45, 2.75) is 20.4 Å². The zero-order valence-corrected chi connectivity index (χ0v) is 18.2. The summed E-state index contributed by atoms with van der Waals surface area (Å²) in [4.78, 5) is 5.74. The fourth-order valence-corrected chi connectivity index (χ4v) is 3.76. The molecule has 0 saturated carbocycles. The SMILES string of the molecule is Br.Cc1cccc(N=c2scc(-c3ccc(Br)cc3)n2CCO)c1C. The normalized spacial score (nSPS) is 11.4. The summed E-state index contributed by atoms with van der Waals surface area (Å²) < 4.78 is 3.13. The van der Waals surface area contributed by atoms with Gasteiger partial charge in [0.05, 0.1) is 18.0 Å². The first-order valence-corrected chi connectivity index (χ1v) is 9.43. The zero-order chi connectivity index (χ0) is 17.1. The Balaban J connectivity index is 0.00000225. The van der Waals surface area contributed by atoms with Crippen molar-refractivity contribution in [3.63, 3.8) is 0 Å². The maximum absolute atomic E-state index is 9.48. The van der Waals surface area contributed by atoms with E-state index in [9.17, 15) is 5.11 Å². The molecule has 0 fully saturated rings. The molecule has 3 aromatic rings. The molecule has 0 spiro atoms. The van der Waals surface area contributed by atoms with Crippen molar-refractivity contribution < 1.29 is 5.11 Å². The van der Waals surface area contributed by atoms with Crippen molar-refractivity contribution in [2.75, 3.05) is 6.61 Å². The number of hydrogen-bond acceptors (Lipinski definition) is 3. The first-order valence-electron chi connectivity index (χ1n) is 7.76. The number of benzene rings is 2. The molecule has 0 radical (unpaired) electrons. The number of halogens is 2. The molecular weight excluding hydrogens is 464 g/mol. The molecule has 0 aliphatic heterocycles. The Bertz CT molecular complexity index is 914. The van der Waals surface area contributed by atoms with Crippen LogP contribution in [0.2, 0.25) is 0 Å². The standard InChI is InChI=1S/C19H19BrN2OS.BrH/c1-13-4-3-5-17(14(13)2)21-19-22(10-11-23)18(12-24-19)15-6-8-16(20)9-7-15;/h3-9,12,23H,10-11H2,1-2H3;1H. The Hall–Kier alpha value is -1.21. The van der Waals surface area contributed by atoms with Crippen molar-refractivity contribution in [1.82, 2.24) is 4.57 Å². The monoisotopic (exact) mass is 482 g/mol. The van der Waals surface area contributed by atoms with Gasteiger partial charge in [-0.05, 0) is 48.7 Å². The Morgan fingerprint density at radius 2 is 1.84 bits per heavy atom. The van der Waals surface area contributed by atoms with E-state index in [1.165, 1.54) is 11.1 Å². The second kappa shape index (κ2) is 8.94. The maximum Gasteiger partial charge on any atom is 0.190 e. The second-order valence-corrected chi connectivity index (χ2v) is 7.37. The van der Waals surface area contributed by atoms with E-state index in [1.54, 1.807) is 11.3 Å². The Kier molecular flexibility index (Phi) is 7.19. The zero-order valence-electron chi connectivity index (χ0n) is 14.1. The average molecular weight is 484 g/mol. The van der Waals surface area contributed by atoms with E-state index in [2.05, 4.69) is 57.9 Å². The molecule has 0 bridgehead atoms. The number of aryl methyl sites for hydroxylation is 1. The molecule has 1 heterocycles. The summed E-state index contributed by atoms with van der Waals surface area (Å²) in [6.07, 6.45) is 0. The van der Waals surface area contributed by atoms with Crippen LogP contribution in [0.5, 0.6) is 0 Å². The van der Waals surface area contributed by atoms with Crippen LogP contribution >= 0.6 is 44.2 Å². The number of rotatable bonds is 4. The van der Waals surface area contributed by atoms with Gasteiger partial charge in [0.2, 0.25) is 0 Å². The van der Waals surface area contributed by atoms with Crippen molar-refractivity contribution in [2.24, 2.45) is 4.99 Å². The maximum atomic E-state index is 9.48. The number of hydrogen-bond donors (Lipinski definition) is 1. The van der Waals surface area contributed by atoms with Crippen LogP contribution in [0.15, 0.2) is 57.3 Å². The second-order valence-electron chi connectivity index (χ2n) is 5.62. The number of aliphatic hydroxyl groups excluding tert-OH is 1. The summed E-state index contributed by atoms with van der Waals surface area (Å²) in [7, 11) is 0. The lowest BCUT2D eigenvalue weighted by atomic mass is 10.1. The van der Waals surface area contributed by atoms with Gasteiger partial charge in [-0.3, -0.25) is 0 Å². The number of aromatic nitrogens is 1. The molecule has 1 N–H and O–H groups in total. The predicted octanol–water partition coefficient (Wildman–Crippen LogP) is 5.40. The van der Waals surface area contributed by atoms with Gasteiger partial charge in [-0.15, -0.1) is 28.3 Å². The van der Waals surface area contributed by atoms with Gasteiger partial charge >= 0.3 is 0 Å². The summed E-state index contributed by atoms with van der Waals surface area (Å²) in [6, 6.07) is 14.3. The van der Waals surface area contributed by atoms with Crippen molar-refractivity contribution in [3.8, 4) is 11.3 Å². The highest BCUT2D eigenvalue weighted by Crippen LogP contribution is 2.24. The Morgan fingerprint density at radius 3 is 2.52 bits per heavy atom. The largest absolute Gasteiger partial charge is 0.395 e. The highest BCUT2D eigenvalue weighted by atomic mass is 79.9. The smallest absolute Gasteiger partial charge is 0.190 e. The molecule has 0 unspecified atom stereocenters. The summed E-state index contributed by atoms with van der Waals surface area (Å²) in [5.74, 6) is 0. The highest BCUT2D eigenvalue weighted by molar-refractivity contribution is 9.10. The fourth-order valence-electron chi connectivity index (χ4n) is 2.55. The van der Waals surface area contributed by atoms with Gasteiger partial charge in [-0.2, -0.15) is 0 Å². The molecule has 0 atom stereocenters. The fraction of sp³-hybridized carbons (Fsp3) is 0.211. The van der Waals surface area contributed by atoms with Gasteiger partial charge in [0, 0.05) is 16.4 Å². The molecular formula is C19H20Br2N2OS. The first kappa shape index (κ1) is 20.1. The van der Waals surface area contributed by atoms with Crippen LogP contribution in [-0.4, -0.2) is 16.3 Å². The average Bonchev–Trinajstić information content (AvgIpc) is 2.96. The van der Waals surface area contributed by atoms with Crippen LogP contribution < -0.4 is 4.80 Å². The van der Waals surface area contributed by atoms with E-state index < -0.39 is 0 Å². The lowest BCUT2D eigenvalue weighted by Gasteiger charge is -2.08. The molecule has 0 aliphatic carbocycles. The summed E-state index contributed by atoms with van der Waals surface area (Å²) in [5, 5.41) is 11.6. The minimum absolute atomic E-state index is 0. The molecule has 132 valence electrons. The van der Waals surface area contributed by atoms with Gasteiger partial charge in [0.25, 0.3) is 0 Å². The van der Waals surface area contributed by atoms with E-state index in [0.29, 0.717) is 6.54 Å². The molecule has 0 saturated heterocycles. The van der Waals surface area contributed by atoms with E-state index >= 15 is 0 Å². The molecule has 3 nitrogen and oxygen atoms in total. The summed E-state index contributed by atoms with van der Waals surface area (Å²) in [6.45, 7) is 4.80. The van der Waals surface area contributed by atoms with Gasteiger partial charge in [-0.1, -0.05) is 40.2 Å². The van der Waals surface area contributed by atoms with E-state index in [1.807, 2.05) is 24.3 Å². The van der Waals surface area contributed by atoms with E-state index in [4.69, 9.17) is 4.99 Å². The molecule has 1 aromatic heterocycles. The van der Waals surface area contributed by atoms with Gasteiger partial charge in [0.15, 0.2) is 4.80 Å². The Labute approximate surface area is 170 Å². The van der Waals surface area contributed by atoms with Crippen molar-refractivity contribution >= 4 is 49.9 Å². The lowest BCUT2D eigenvalue weighted by Crippen LogP contribution is -2.18. The van der Waals surface area contributed by atoms with Crippen molar-refractivity contribution in [3.05, 3.63) is 68.2 Å². The molecule has 0 amide bonds. The third-order valence-corrected chi connectivity index (χ3v) is 5.45. The predicted molar refractivity (Wildman–Crippen MR) is 114 cm³/mol. The van der Waals surface area contributed by atoms with E-state index in [0.717, 1.165) is 26.2 Å². The van der Waals surface area contributed by atoms with Crippen LogP contribution in [0.1, 0.15) is 11.1 Å². The highest BCUT2D eigenvalue weighted by Gasteiger charge is 2.08. The molecule has 0 aliphatic rings. The van der Waals surface area contributed by atoms with Crippen LogP contribution in [0.4, 0.5) is 5.69 Å².